The van der Waals surface area contributed by atoms with E-state index in [0.717, 1.165) is 16.9 Å². The van der Waals surface area contributed by atoms with Gasteiger partial charge in [0.05, 0.1) is 18.8 Å². The van der Waals surface area contributed by atoms with Gasteiger partial charge in [0.1, 0.15) is 5.75 Å². The molecule has 1 heterocycles. The maximum Gasteiger partial charge on any atom is 0.195 e. The van der Waals surface area contributed by atoms with Gasteiger partial charge in [-0.2, -0.15) is 0 Å². The molecule has 0 aliphatic carbocycles. The fourth-order valence-corrected chi connectivity index (χ4v) is 2.99. The van der Waals surface area contributed by atoms with E-state index in [1.807, 2.05) is 45.0 Å². The minimum Gasteiger partial charge on any atom is -0.497 e. The Labute approximate surface area is 160 Å². The van der Waals surface area contributed by atoms with Crippen LogP contribution in [-0.2, 0) is 20.9 Å². The molecule has 0 amide bonds. The van der Waals surface area contributed by atoms with Gasteiger partial charge in [-0.3, -0.25) is 4.79 Å². The van der Waals surface area contributed by atoms with Crippen LogP contribution in [0.25, 0.3) is 0 Å². The normalized spacial score (nSPS) is 19.4. The van der Waals surface area contributed by atoms with Gasteiger partial charge in [-0.15, -0.1) is 0 Å². The van der Waals surface area contributed by atoms with E-state index in [0.29, 0.717) is 12.0 Å². The SMILES string of the molecule is COc1ccc(C(=O)C[C@H]2O[C@@H](OOC(C)(C)C)Cc3ccccc32)cc1. The Morgan fingerprint density at radius 1 is 1.11 bits per heavy atom. The third-order valence-corrected chi connectivity index (χ3v) is 4.29. The average molecular weight is 370 g/mol. The summed E-state index contributed by atoms with van der Waals surface area (Å²) in [6.07, 6.45) is -0.107. The highest BCUT2D eigenvalue weighted by atomic mass is 17.2. The fourth-order valence-electron chi connectivity index (χ4n) is 2.99. The van der Waals surface area contributed by atoms with Crippen LogP contribution in [0.3, 0.4) is 0 Å². The molecule has 2 aromatic carbocycles. The number of ketones is 1. The number of ether oxygens (including phenoxy) is 2. The predicted octanol–water partition coefficient (Wildman–Crippen LogP) is 4.65. The van der Waals surface area contributed by atoms with Gasteiger partial charge in [0.2, 0.25) is 0 Å². The highest BCUT2D eigenvalue weighted by molar-refractivity contribution is 5.96. The number of hydrogen-bond acceptors (Lipinski definition) is 5. The first-order chi connectivity index (χ1) is 12.9. The lowest BCUT2D eigenvalue weighted by Crippen LogP contribution is -2.32. The fraction of sp³-hybridized carbons (Fsp3) is 0.409. The van der Waals surface area contributed by atoms with Crippen LogP contribution in [0.1, 0.15) is 54.8 Å². The van der Waals surface area contributed by atoms with Crippen molar-refractivity contribution in [2.75, 3.05) is 7.11 Å². The van der Waals surface area contributed by atoms with Crippen molar-refractivity contribution in [2.24, 2.45) is 0 Å². The van der Waals surface area contributed by atoms with E-state index in [1.54, 1.807) is 31.4 Å². The molecule has 0 unspecified atom stereocenters. The second-order valence-electron chi connectivity index (χ2n) is 7.60. The Bertz CT molecular complexity index is 776. The largest absolute Gasteiger partial charge is 0.497 e. The molecule has 5 heteroatoms. The molecule has 0 saturated heterocycles. The average Bonchev–Trinajstić information content (AvgIpc) is 2.66. The summed E-state index contributed by atoms with van der Waals surface area (Å²) in [4.78, 5) is 23.7. The molecule has 0 spiro atoms. The van der Waals surface area contributed by atoms with E-state index in [-0.39, 0.29) is 18.3 Å². The Balaban J connectivity index is 1.74. The number of rotatable bonds is 6. The molecule has 0 bridgehead atoms. The smallest absolute Gasteiger partial charge is 0.195 e. The second-order valence-corrected chi connectivity index (χ2v) is 7.60. The Kier molecular flexibility index (Phi) is 5.95. The zero-order valence-corrected chi connectivity index (χ0v) is 16.2. The highest BCUT2D eigenvalue weighted by Gasteiger charge is 2.31. The van der Waals surface area contributed by atoms with Crippen molar-refractivity contribution in [3.63, 3.8) is 0 Å². The molecule has 3 rings (SSSR count). The maximum atomic E-state index is 12.8. The summed E-state index contributed by atoms with van der Waals surface area (Å²) in [5.41, 5.74) is 2.33. The lowest BCUT2D eigenvalue weighted by atomic mass is 9.92. The van der Waals surface area contributed by atoms with E-state index in [9.17, 15) is 4.79 Å². The first kappa shape index (κ1) is 19.5. The summed E-state index contributed by atoms with van der Waals surface area (Å²) in [7, 11) is 1.60. The van der Waals surface area contributed by atoms with Crippen LogP contribution in [0.15, 0.2) is 48.5 Å². The van der Waals surface area contributed by atoms with Gasteiger partial charge in [0, 0.05) is 18.4 Å². The summed E-state index contributed by atoms with van der Waals surface area (Å²) in [6, 6.07) is 15.1. The maximum absolute atomic E-state index is 12.8. The van der Waals surface area contributed by atoms with Crippen LogP contribution in [0.2, 0.25) is 0 Å². The zero-order chi connectivity index (χ0) is 19.4. The summed E-state index contributed by atoms with van der Waals surface area (Å²) in [5, 5.41) is 0. The molecule has 1 aliphatic heterocycles. The number of benzene rings is 2. The van der Waals surface area contributed by atoms with Gasteiger partial charge in [-0.05, 0) is 56.2 Å². The monoisotopic (exact) mass is 370 g/mol. The van der Waals surface area contributed by atoms with Gasteiger partial charge in [0.15, 0.2) is 12.1 Å². The number of fused-ring (bicyclic) bond motifs is 1. The van der Waals surface area contributed by atoms with E-state index < -0.39 is 11.9 Å². The van der Waals surface area contributed by atoms with E-state index in [2.05, 4.69) is 0 Å². The number of hydrogen-bond donors (Lipinski definition) is 0. The number of carbonyl (C=O) groups excluding carboxylic acids is 1. The molecule has 1 aliphatic rings. The van der Waals surface area contributed by atoms with Crippen LogP contribution in [0.5, 0.6) is 5.75 Å². The number of methoxy groups -OCH3 is 1. The van der Waals surface area contributed by atoms with Crippen molar-refractivity contribution in [3.8, 4) is 5.75 Å². The van der Waals surface area contributed by atoms with Gasteiger partial charge in [-0.25, -0.2) is 9.78 Å². The Hall–Kier alpha value is -2.21. The molecule has 2 atom stereocenters. The molecule has 27 heavy (non-hydrogen) atoms. The lowest BCUT2D eigenvalue weighted by molar-refractivity contribution is -0.422. The summed E-state index contributed by atoms with van der Waals surface area (Å²) >= 11 is 0. The molecule has 0 saturated carbocycles. The van der Waals surface area contributed by atoms with Crippen molar-refractivity contribution in [2.45, 2.75) is 51.6 Å². The minimum absolute atomic E-state index is 0.00912. The van der Waals surface area contributed by atoms with Crippen LogP contribution >= 0.6 is 0 Å². The van der Waals surface area contributed by atoms with Crippen molar-refractivity contribution in [3.05, 3.63) is 65.2 Å². The van der Waals surface area contributed by atoms with Crippen LogP contribution in [-0.4, -0.2) is 24.8 Å². The molecule has 5 nitrogen and oxygen atoms in total. The topological polar surface area (TPSA) is 54.0 Å². The van der Waals surface area contributed by atoms with Crippen LogP contribution in [0, 0.1) is 0 Å². The lowest BCUT2D eigenvalue weighted by Gasteiger charge is -2.32. The van der Waals surface area contributed by atoms with Gasteiger partial charge in [0.25, 0.3) is 0 Å². The molecule has 0 fully saturated rings. The standard InChI is InChI=1S/C22H26O5/c1-22(2,3)27-26-21-13-16-7-5-6-8-18(16)20(25-21)14-19(23)15-9-11-17(24-4)12-10-15/h5-12,20-21H,13-14H2,1-4H3/t20-,21+/m1/s1. The zero-order valence-electron chi connectivity index (χ0n) is 16.2. The molecular weight excluding hydrogens is 344 g/mol. The minimum atomic E-state index is -0.548. The van der Waals surface area contributed by atoms with E-state index >= 15 is 0 Å². The van der Waals surface area contributed by atoms with Crippen molar-refractivity contribution < 1.29 is 24.0 Å². The van der Waals surface area contributed by atoms with Crippen molar-refractivity contribution in [1.29, 1.82) is 0 Å². The van der Waals surface area contributed by atoms with Gasteiger partial charge < -0.3 is 9.47 Å². The number of Topliss-reactive ketones (excluding diaryl/α,β-unsaturated/α-hetero) is 1. The molecule has 0 radical (unpaired) electrons. The number of carbonyl (C=O) groups is 1. The molecule has 0 N–H and O–H groups in total. The van der Waals surface area contributed by atoms with Crippen molar-refractivity contribution >= 4 is 5.78 Å². The summed E-state index contributed by atoms with van der Waals surface area (Å²) in [6.45, 7) is 5.73. The first-order valence-corrected chi connectivity index (χ1v) is 9.11. The van der Waals surface area contributed by atoms with Gasteiger partial charge >= 0.3 is 0 Å². The Morgan fingerprint density at radius 3 is 2.48 bits per heavy atom. The predicted molar refractivity (Wildman–Crippen MR) is 102 cm³/mol. The summed E-state index contributed by atoms with van der Waals surface area (Å²) < 4.78 is 11.2. The van der Waals surface area contributed by atoms with Crippen molar-refractivity contribution in [1.82, 2.24) is 0 Å². The molecular formula is C22H26O5. The Morgan fingerprint density at radius 2 is 1.81 bits per heavy atom. The van der Waals surface area contributed by atoms with E-state index in [4.69, 9.17) is 19.2 Å². The van der Waals surface area contributed by atoms with E-state index in [1.165, 1.54) is 0 Å². The third kappa shape index (κ3) is 5.16. The highest BCUT2D eigenvalue weighted by Crippen LogP contribution is 2.34. The molecule has 144 valence electrons. The molecule has 2 aromatic rings. The van der Waals surface area contributed by atoms with Crippen LogP contribution < -0.4 is 4.74 Å². The second kappa shape index (κ2) is 8.21. The third-order valence-electron chi connectivity index (χ3n) is 4.29. The summed E-state index contributed by atoms with van der Waals surface area (Å²) in [5.74, 6) is 0.730. The van der Waals surface area contributed by atoms with Gasteiger partial charge in [-0.1, -0.05) is 24.3 Å². The first-order valence-electron chi connectivity index (χ1n) is 9.11. The quantitative estimate of drug-likeness (QED) is 0.421. The van der Waals surface area contributed by atoms with Crippen LogP contribution in [0.4, 0.5) is 0 Å². The molecule has 0 aromatic heterocycles.